The highest BCUT2D eigenvalue weighted by atomic mass is 19.1. The highest BCUT2D eigenvalue weighted by Gasteiger charge is 2.14. The molecule has 102 valence electrons. The fourth-order valence-electron chi connectivity index (χ4n) is 2.07. The van der Waals surface area contributed by atoms with Gasteiger partial charge in [-0.15, -0.1) is 0 Å². The fourth-order valence-corrected chi connectivity index (χ4v) is 2.07. The van der Waals surface area contributed by atoms with E-state index in [2.05, 4.69) is 5.32 Å². The summed E-state index contributed by atoms with van der Waals surface area (Å²) in [5, 5.41) is 3.74. The van der Waals surface area contributed by atoms with Crippen LogP contribution in [0.1, 0.15) is 6.92 Å². The van der Waals surface area contributed by atoms with Crippen molar-refractivity contribution < 1.29 is 9.13 Å². The first-order valence-electron chi connectivity index (χ1n) is 6.14. The topological polar surface area (TPSA) is 43.3 Å². The van der Waals surface area contributed by atoms with Gasteiger partial charge in [0.15, 0.2) is 11.6 Å². The SMILES string of the molecule is CNCC(C)Oc1c(F)ccc2ccc(=O)n(C)c12. The van der Waals surface area contributed by atoms with Crippen LogP contribution in [-0.4, -0.2) is 24.3 Å². The molecule has 2 aromatic rings. The molecule has 1 aromatic heterocycles. The number of pyridine rings is 1. The van der Waals surface area contributed by atoms with Crippen molar-refractivity contribution in [3.63, 3.8) is 0 Å². The molecule has 4 nitrogen and oxygen atoms in total. The largest absolute Gasteiger partial charge is 0.484 e. The zero-order valence-electron chi connectivity index (χ0n) is 11.2. The van der Waals surface area contributed by atoms with Gasteiger partial charge in [-0.2, -0.15) is 0 Å². The van der Waals surface area contributed by atoms with Crippen molar-refractivity contribution in [2.45, 2.75) is 13.0 Å². The molecule has 1 heterocycles. The van der Waals surface area contributed by atoms with Gasteiger partial charge in [0.1, 0.15) is 6.10 Å². The lowest BCUT2D eigenvalue weighted by molar-refractivity contribution is 0.213. The normalized spacial score (nSPS) is 12.6. The number of hydrogen-bond donors (Lipinski definition) is 1. The summed E-state index contributed by atoms with van der Waals surface area (Å²) in [4.78, 5) is 11.7. The molecular weight excluding hydrogens is 247 g/mol. The molecule has 0 fully saturated rings. The Morgan fingerprint density at radius 3 is 2.74 bits per heavy atom. The number of fused-ring (bicyclic) bond motifs is 1. The summed E-state index contributed by atoms with van der Waals surface area (Å²) < 4.78 is 21.0. The van der Waals surface area contributed by atoms with Gasteiger partial charge < -0.3 is 14.6 Å². The number of benzene rings is 1. The van der Waals surface area contributed by atoms with E-state index in [0.717, 1.165) is 5.39 Å². The number of aryl methyl sites for hydroxylation is 1. The lowest BCUT2D eigenvalue weighted by Crippen LogP contribution is -2.27. The second-order valence-electron chi connectivity index (χ2n) is 4.53. The van der Waals surface area contributed by atoms with Gasteiger partial charge in [0.05, 0.1) is 5.52 Å². The van der Waals surface area contributed by atoms with Crippen LogP contribution in [-0.2, 0) is 7.05 Å². The molecule has 0 saturated carbocycles. The van der Waals surface area contributed by atoms with Crippen LogP contribution in [0.2, 0.25) is 0 Å². The van der Waals surface area contributed by atoms with Gasteiger partial charge in [0.25, 0.3) is 5.56 Å². The fraction of sp³-hybridized carbons (Fsp3) is 0.357. The van der Waals surface area contributed by atoms with E-state index in [1.165, 1.54) is 16.7 Å². The van der Waals surface area contributed by atoms with Gasteiger partial charge in [-0.25, -0.2) is 4.39 Å². The molecule has 1 unspecified atom stereocenters. The van der Waals surface area contributed by atoms with Crippen LogP contribution in [0.15, 0.2) is 29.1 Å². The maximum absolute atomic E-state index is 14.0. The van der Waals surface area contributed by atoms with Crippen molar-refractivity contribution in [1.29, 1.82) is 0 Å². The summed E-state index contributed by atoms with van der Waals surface area (Å²) >= 11 is 0. The predicted octanol–water partition coefficient (Wildman–Crippen LogP) is 1.66. The Bertz CT molecular complexity index is 652. The maximum Gasteiger partial charge on any atom is 0.250 e. The van der Waals surface area contributed by atoms with Gasteiger partial charge in [0, 0.05) is 25.0 Å². The van der Waals surface area contributed by atoms with Crippen LogP contribution >= 0.6 is 0 Å². The molecule has 0 spiro atoms. The van der Waals surface area contributed by atoms with Crippen molar-refractivity contribution in [1.82, 2.24) is 9.88 Å². The highest BCUT2D eigenvalue weighted by molar-refractivity contribution is 5.85. The second kappa shape index (κ2) is 5.40. The van der Waals surface area contributed by atoms with Crippen molar-refractivity contribution in [3.8, 4) is 5.75 Å². The molecule has 0 saturated heterocycles. The number of aromatic nitrogens is 1. The monoisotopic (exact) mass is 264 g/mol. The van der Waals surface area contributed by atoms with Crippen molar-refractivity contribution >= 4 is 10.9 Å². The number of ether oxygens (including phenoxy) is 1. The Kier molecular flexibility index (Phi) is 3.85. The van der Waals surface area contributed by atoms with Gasteiger partial charge >= 0.3 is 0 Å². The molecule has 0 aliphatic heterocycles. The average molecular weight is 264 g/mol. The average Bonchev–Trinajstić information content (AvgIpc) is 2.37. The third kappa shape index (κ3) is 2.61. The Hall–Kier alpha value is -1.88. The van der Waals surface area contributed by atoms with Crippen LogP contribution in [0.5, 0.6) is 5.75 Å². The molecule has 1 atom stereocenters. The van der Waals surface area contributed by atoms with Gasteiger partial charge in [-0.05, 0) is 32.2 Å². The minimum Gasteiger partial charge on any atom is -0.484 e. The Morgan fingerprint density at radius 2 is 2.05 bits per heavy atom. The van der Waals surface area contributed by atoms with E-state index in [9.17, 15) is 9.18 Å². The van der Waals surface area contributed by atoms with Crippen LogP contribution in [0.3, 0.4) is 0 Å². The number of hydrogen-bond acceptors (Lipinski definition) is 3. The molecule has 0 aliphatic rings. The summed E-state index contributed by atoms with van der Waals surface area (Å²) in [6, 6.07) is 6.13. The van der Waals surface area contributed by atoms with Crippen LogP contribution in [0, 0.1) is 5.82 Å². The van der Waals surface area contributed by atoms with E-state index < -0.39 is 5.82 Å². The Labute approximate surface area is 110 Å². The Balaban J connectivity index is 2.60. The van der Waals surface area contributed by atoms with E-state index >= 15 is 0 Å². The molecule has 0 aliphatic carbocycles. The number of rotatable bonds is 4. The molecule has 2 rings (SSSR count). The smallest absolute Gasteiger partial charge is 0.250 e. The van der Waals surface area contributed by atoms with E-state index in [1.54, 1.807) is 26.2 Å². The summed E-state index contributed by atoms with van der Waals surface area (Å²) in [6.07, 6.45) is -0.194. The van der Waals surface area contributed by atoms with Crippen LogP contribution in [0.25, 0.3) is 10.9 Å². The Morgan fingerprint density at radius 1 is 1.37 bits per heavy atom. The standard InChI is InChI=1S/C14H17FN2O2/c1-9(8-16-2)19-14-11(15)6-4-10-5-7-12(18)17(3)13(10)14/h4-7,9,16H,8H2,1-3H3. The lowest BCUT2D eigenvalue weighted by atomic mass is 10.2. The highest BCUT2D eigenvalue weighted by Crippen LogP contribution is 2.28. The van der Waals surface area contributed by atoms with E-state index in [1.807, 2.05) is 6.92 Å². The molecule has 5 heteroatoms. The molecular formula is C14H17FN2O2. The predicted molar refractivity (Wildman–Crippen MR) is 73.2 cm³/mol. The van der Waals surface area contributed by atoms with Crippen molar-refractivity contribution in [2.75, 3.05) is 13.6 Å². The first kappa shape index (κ1) is 13.5. The van der Waals surface area contributed by atoms with Crippen molar-refractivity contribution in [3.05, 3.63) is 40.4 Å². The number of nitrogens with one attached hydrogen (secondary N) is 1. The first-order valence-corrected chi connectivity index (χ1v) is 6.14. The lowest BCUT2D eigenvalue weighted by Gasteiger charge is -2.17. The third-order valence-electron chi connectivity index (χ3n) is 3.00. The molecule has 0 amide bonds. The second-order valence-corrected chi connectivity index (χ2v) is 4.53. The summed E-state index contributed by atoms with van der Waals surface area (Å²) in [5.41, 5.74) is 0.291. The zero-order valence-corrected chi connectivity index (χ0v) is 11.2. The minimum atomic E-state index is -0.461. The third-order valence-corrected chi connectivity index (χ3v) is 3.00. The number of likely N-dealkylation sites (N-methyl/N-ethyl adjacent to an activating group) is 1. The van der Waals surface area contributed by atoms with Gasteiger partial charge in [-0.1, -0.05) is 0 Å². The van der Waals surface area contributed by atoms with Gasteiger partial charge in [-0.3, -0.25) is 4.79 Å². The molecule has 1 aromatic carbocycles. The number of halogens is 1. The first-order chi connectivity index (χ1) is 9.04. The molecule has 19 heavy (non-hydrogen) atoms. The summed E-state index contributed by atoms with van der Waals surface area (Å²) in [6.45, 7) is 2.44. The molecule has 0 bridgehead atoms. The molecule has 0 radical (unpaired) electrons. The minimum absolute atomic E-state index is 0.125. The molecule has 1 N–H and O–H groups in total. The van der Waals surface area contributed by atoms with Gasteiger partial charge in [0.2, 0.25) is 0 Å². The summed E-state index contributed by atoms with van der Waals surface area (Å²) in [7, 11) is 3.41. The maximum atomic E-state index is 14.0. The quantitative estimate of drug-likeness (QED) is 0.913. The summed E-state index contributed by atoms with van der Waals surface area (Å²) in [5.74, 6) is -0.336. The number of nitrogens with zero attached hydrogens (tertiary/aromatic N) is 1. The van der Waals surface area contributed by atoms with E-state index in [-0.39, 0.29) is 17.4 Å². The zero-order chi connectivity index (χ0) is 14.0. The van der Waals surface area contributed by atoms with Crippen LogP contribution in [0.4, 0.5) is 4.39 Å². The van der Waals surface area contributed by atoms with Crippen molar-refractivity contribution in [2.24, 2.45) is 7.05 Å². The van der Waals surface area contributed by atoms with E-state index in [4.69, 9.17) is 4.74 Å². The van der Waals surface area contributed by atoms with Crippen LogP contribution < -0.4 is 15.6 Å². The van der Waals surface area contributed by atoms with E-state index in [0.29, 0.717) is 12.1 Å².